The fourth-order valence-electron chi connectivity index (χ4n) is 3.93. The summed E-state index contributed by atoms with van der Waals surface area (Å²) in [6.45, 7) is 1.81. The van der Waals surface area contributed by atoms with Crippen LogP contribution in [0.5, 0.6) is 17.2 Å². The van der Waals surface area contributed by atoms with E-state index in [1.165, 1.54) is 0 Å². The molecule has 1 atom stereocenters. The van der Waals surface area contributed by atoms with E-state index in [0.29, 0.717) is 31.1 Å². The number of rotatable bonds is 9. The first-order valence-electron chi connectivity index (χ1n) is 11.5. The van der Waals surface area contributed by atoms with Crippen LogP contribution in [-0.4, -0.2) is 56.8 Å². The maximum atomic E-state index is 13.2. The number of pyridine rings is 1. The lowest BCUT2D eigenvalue weighted by Gasteiger charge is -2.25. The molecule has 7 nitrogen and oxygen atoms in total. The Morgan fingerprint density at radius 2 is 1.94 bits per heavy atom. The molecule has 0 saturated heterocycles. The van der Waals surface area contributed by atoms with Gasteiger partial charge in [0, 0.05) is 18.9 Å². The molecule has 7 heteroatoms. The monoisotopic (exact) mass is 461 g/mol. The fourth-order valence-corrected chi connectivity index (χ4v) is 3.93. The number of ether oxygens (including phenoxy) is 3. The number of hydrogen-bond acceptors (Lipinski definition) is 6. The molecule has 2 aromatic carbocycles. The molecule has 0 saturated carbocycles. The minimum absolute atomic E-state index is 0.0942. The summed E-state index contributed by atoms with van der Waals surface area (Å²) in [6, 6.07) is 15.4. The van der Waals surface area contributed by atoms with E-state index in [1.807, 2.05) is 62.6 Å². The zero-order valence-electron chi connectivity index (χ0n) is 19.9. The predicted octanol–water partition coefficient (Wildman–Crippen LogP) is 4.28. The van der Waals surface area contributed by atoms with Crippen molar-refractivity contribution in [1.29, 1.82) is 0 Å². The van der Waals surface area contributed by atoms with Gasteiger partial charge in [-0.25, -0.2) is 0 Å². The van der Waals surface area contributed by atoms with Crippen LogP contribution < -0.4 is 19.5 Å². The molecule has 1 N–H and O–H groups in total. The Morgan fingerprint density at radius 3 is 2.71 bits per heavy atom. The number of nitrogens with zero attached hydrogens (tertiary/aromatic N) is 2. The van der Waals surface area contributed by atoms with Gasteiger partial charge in [0.05, 0.1) is 25.3 Å². The third-order valence-corrected chi connectivity index (χ3v) is 5.81. The Labute approximate surface area is 200 Å². The summed E-state index contributed by atoms with van der Waals surface area (Å²) < 4.78 is 17.3. The smallest absolute Gasteiger partial charge is 0.231 e. The number of nitrogens with one attached hydrogen (secondary N) is 1. The number of anilines is 1. The molecule has 1 unspecified atom stereocenters. The number of fused-ring (bicyclic) bond motifs is 1. The number of methoxy groups -OCH3 is 1. The van der Waals surface area contributed by atoms with Gasteiger partial charge in [-0.3, -0.25) is 9.78 Å². The Bertz CT molecular complexity index is 1120. The molecule has 1 aromatic heterocycles. The minimum Gasteiger partial charge on any atom is -0.497 e. The van der Waals surface area contributed by atoms with E-state index in [-0.39, 0.29) is 11.8 Å². The molecular weight excluding hydrogens is 430 g/mol. The van der Waals surface area contributed by atoms with Crippen molar-refractivity contribution in [3.8, 4) is 28.4 Å². The van der Waals surface area contributed by atoms with Crippen molar-refractivity contribution in [2.24, 2.45) is 5.92 Å². The van der Waals surface area contributed by atoms with E-state index < -0.39 is 0 Å². The summed E-state index contributed by atoms with van der Waals surface area (Å²) >= 11 is 0. The largest absolute Gasteiger partial charge is 0.497 e. The number of aromatic nitrogens is 1. The highest BCUT2D eigenvalue weighted by molar-refractivity contribution is 5.95. The summed E-state index contributed by atoms with van der Waals surface area (Å²) in [7, 11) is 5.71. The van der Waals surface area contributed by atoms with Gasteiger partial charge in [0.2, 0.25) is 5.91 Å². The second-order valence-electron chi connectivity index (χ2n) is 8.63. The molecule has 0 radical (unpaired) electrons. The molecule has 3 aromatic rings. The molecule has 178 valence electrons. The van der Waals surface area contributed by atoms with Crippen LogP contribution in [0.4, 0.5) is 5.69 Å². The standard InChI is InChI=1S/C27H31N3O4/c1-30(2)13-4-14-33-26-17-20(19-9-11-28-12-10-19)5-7-24(26)29-27(31)22-15-21-16-23(32-3)6-8-25(21)34-18-22/h5-12,16-17,22H,4,13-15,18H2,1-3H3,(H,29,31). The minimum atomic E-state index is -0.305. The van der Waals surface area contributed by atoms with Crippen LogP contribution in [0.3, 0.4) is 0 Å². The summed E-state index contributed by atoms with van der Waals surface area (Å²) in [5.74, 6) is 1.81. The van der Waals surface area contributed by atoms with Gasteiger partial charge in [-0.1, -0.05) is 6.07 Å². The fraction of sp³-hybridized carbons (Fsp3) is 0.333. The highest BCUT2D eigenvalue weighted by atomic mass is 16.5. The van der Waals surface area contributed by atoms with Gasteiger partial charge in [-0.2, -0.15) is 0 Å². The summed E-state index contributed by atoms with van der Waals surface area (Å²) in [4.78, 5) is 19.4. The van der Waals surface area contributed by atoms with Gasteiger partial charge in [0.25, 0.3) is 0 Å². The molecule has 0 fully saturated rings. The Kier molecular flexibility index (Phi) is 7.65. The van der Waals surface area contributed by atoms with Crippen molar-refractivity contribution in [2.75, 3.05) is 46.3 Å². The van der Waals surface area contributed by atoms with Crippen molar-refractivity contribution in [2.45, 2.75) is 12.8 Å². The van der Waals surface area contributed by atoms with Crippen LogP contribution in [0.1, 0.15) is 12.0 Å². The molecule has 2 heterocycles. The lowest BCUT2D eigenvalue weighted by Crippen LogP contribution is -2.32. The van der Waals surface area contributed by atoms with E-state index >= 15 is 0 Å². The van der Waals surface area contributed by atoms with E-state index in [1.54, 1.807) is 19.5 Å². The number of amides is 1. The summed E-state index contributed by atoms with van der Waals surface area (Å²) in [5.41, 5.74) is 3.67. The van der Waals surface area contributed by atoms with Crippen molar-refractivity contribution in [1.82, 2.24) is 9.88 Å². The number of carbonyl (C=O) groups is 1. The molecule has 4 rings (SSSR count). The predicted molar refractivity (Wildman–Crippen MR) is 133 cm³/mol. The summed E-state index contributed by atoms with van der Waals surface area (Å²) in [6.07, 6.45) is 5.00. The van der Waals surface area contributed by atoms with Gasteiger partial charge in [0.15, 0.2) is 0 Å². The van der Waals surface area contributed by atoms with Crippen LogP contribution in [0.25, 0.3) is 11.1 Å². The lowest BCUT2D eigenvalue weighted by molar-refractivity contribution is -0.121. The van der Waals surface area contributed by atoms with Gasteiger partial charge >= 0.3 is 0 Å². The third-order valence-electron chi connectivity index (χ3n) is 5.81. The quantitative estimate of drug-likeness (QED) is 0.480. The zero-order valence-corrected chi connectivity index (χ0v) is 19.9. The summed E-state index contributed by atoms with van der Waals surface area (Å²) in [5, 5.41) is 3.07. The third kappa shape index (κ3) is 5.85. The number of hydrogen-bond donors (Lipinski definition) is 1. The Hall–Kier alpha value is -3.58. The number of benzene rings is 2. The molecule has 0 spiro atoms. The van der Waals surface area contributed by atoms with Crippen molar-refractivity contribution < 1.29 is 19.0 Å². The topological polar surface area (TPSA) is 72.9 Å². The van der Waals surface area contributed by atoms with E-state index in [9.17, 15) is 4.79 Å². The maximum Gasteiger partial charge on any atom is 0.231 e. The first-order valence-corrected chi connectivity index (χ1v) is 11.5. The molecule has 34 heavy (non-hydrogen) atoms. The molecule has 1 aliphatic rings. The Balaban J connectivity index is 1.50. The van der Waals surface area contributed by atoms with Gasteiger partial charge in [-0.15, -0.1) is 0 Å². The maximum absolute atomic E-state index is 13.2. The van der Waals surface area contributed by atoms with E-state index in [0.717, 1.165) is 41.2 Å². The van der Waals surface area contributed by atoms with Gasteiger partial charge in [-0.05, 0) is 86.1 Å². The van der Waals surface area contributed by atoms with Gasteiger partial charge in [0.1, 0.15) is 23.9 Å². The molecular formula is C27H31N3O4. The zero-order chi connectivity index (χ0) is 23.9. The molecule has 1 aliphatic heterocycles. The van der Waals surface area contributed by atoms with Crippen molar-refractivity contribution >= 4 is 11.6 Å². The van der Waals surface area contributed by atoms with E-state index in [2.05, 4.69) is 15.2 Å². The lowest BCUT2D eigenvalue weighted by atomic mass is 9.95. The van der Waals surface area contributed by atoms with Crippen molar-refractivity contribution in [3.63, 3.8) is 0 Å². The van der Waals surface area contributed by atoms with Crippen molar-refractivity contribution in [3.05, 3.63) is 66.5 Å². The second-order valence-corrected chi connectivity index (χ2v) is 8.63. The Morgan fingerprint density at radius 1 is 1.12 bits per heavy atom. The molecule has 0 bridgehead atoms. The van der Waals surface area contributed by atoms with E-state index in [4.69, 9.17) is 14.2 Å². The first kappa shape index (κ1) is 23.6. The second kappa shape index (κ2) is 11.0. The highest BCUT2D eigenvalue weighted by Gasteiger charge is 2.27. The number of carbonyl (C=O) groups excluding carboxylic acids is 1. The van der Waals surface area contributed by atoms with Crippen LogP contribution in [0.15, 0.2) is 60.9 Å². The first-order chi connectivity index (χ1) is 16.5. The van der Waals surface area contributed by atoms with Crippen LogP contribution >= 0.6 is 0 Å². The average Bonchev–Trinajstić information content (AvgIpc) is 2.87. The normalized spacial score (nSPS) is 14.8. The molecule has 1 amide bonds. The van der Waals surface area contributed by atoms with Crippen LogP contribution in [0, 0.1) is 5.92 Å². The highest BCUT2D eigenvalue weighted by Crippen LogP contribution is 2.34. The van der Waals surface area contributed by atoms with Crippen LogP contribution in [0.2, 0.25) is 0 Å². The molecule has 0 aliphatic carbocycles. The van der Waals surface area contributed by atoms with Gasteiger partial charge < -0.3 is 24.4 Å². The SMILES string of the molecule is COc1ccc2c(c1)CC(C(=O)Nc1ccc(-c3ccncc3)cc1OCCCN(C)C)CO2. The van der Waals surface area contributed by atoms with Crippen LogP contribution in [-0.2, 0) is 11.2 Å². The average molecular weight is 462 g/mol.